The van der Waals surface area contributed by atoms with Crippen LogP contribution in [0.3, 0.4) is 0 Å². The van der Waals surface area contributed by atoms with E-state index in [2.05, 4.69) is 15.5 Å². The van der Waals surface area contributed by atoms with E-state index in [1.165, 1.54) is 0 Å². The minimum absolute atomic E-state index is 0.0615. The summed E-state index contributed by atoms with van der Waals surface area (Å²) in [5, 5.41) is 17.2. The number of hydrogen-bond donors (Lipinski definition) is 2. The minimum Gasteiger partial charge on any atom is -0.392 e. The first kappa shape index (κ1) is 11.6. The third kappa shape index (κ3) is 2.25. The predicted octanol–water partition coefficient (Wildman–Crippen LogP) is 1.79. The molecular weight excluding hydrogens is 254 g/mol. The van der Waals surface area contributed by atoms with Crippen molar-refractivity contribution in [3.8, 4) is 11.4 Å². The van der Waals surface area contributed by atoms with Gasteiger partial charge in [-0.3, -0.25) is 0 Å². The summed E-state index contributed by atoms with van der Waals surface area (Å²) in [5.74, 6) is 1.04. The van der Waals surface area contributed by atoms with Crippen molar-refractivity contribution < 1.29 is 9.63 Å². The van der Waals surface area contributed by atoms with E-state index in [-0.39, 0.29) is 12.1 Å². The van der Waals surface area contributed by atoms with Gasteiger partial charge in [0.1, 0.15) is 0 Å². The molecule has 94 valence electrons. The van der Waals surface area contributed by atoms with Gasteiger partial charge in [0.2, 0.25) is 11.7 Å². The van der Waals surface area contributed by atoms with Crippen molar-refractivity contribution in [2.45, 2.75) is 18.6 Å². The number of aliphatic hydroxyl groups is 1. The predicted molar refractivity (Wildman–Crippen MR) is 66.1 cm³/mol. The zero-order valence-corrected chi connectivity index (χ0v) is 10.3. The highest BCUT2D eigenvalue weighted by Gasteiger charge is 2.28. The van der Waals surface area contributed by atoms with Gasteiger partial charge in [-0.25, -0.2) is 0 Å². The first-order valence-electron chi connectivity index (χ1n) is 5.73. The molecule has 5 nitrogen and oxygen atoms in total. The Morgan fingerprint density at radius 1 is 1.33 bits per heavy atom. The lowest BCUT2D eigenvalue weighted by atomic mass is 10.2. The van der Waals surface area contributed by atoms with Crippen molar-refractivity contribution in [3.05, 3.63) is 35.2 Å². The zero-order valence-electron chi connectivity index (χ0n) is 9.51. The van der Waals surface area contributed by atoms with Crippen LogP contribution in [0.25, 0.3) is 11.4 Å². The quantitative estimate of drug-likeness (QED) is 0.866. The Kier molecular flexibility index (Phi) is 3.03. The Balaban J connectivity index is 1.83. The van der Waals surface area contributed by atoms with Crippen molar-refractivity contribution in [1.82, 2.24) is 15.5 Å². The molecule has 0 bridgehead atoms. The van der Waals surface area contributed by atoms with Crippen molar-refractivity contribution >= 4 is 11.6 Å². The molecule has 1 aromatic heterocycles. The number of nitrogens with one attached hydrogen (secondary N) is 1. The summed E-state index contributed by atoms with van der Waals surface area (Å²) >= 11 is 5.82. The first-order valence-corrected chi connectivity index (χ1v) is 6.11. The van der Waals surface area contributed by atoms with Gasteiger partial charge in [0.05, 0.1) is 12.1 Å². The number of benzene rings is 1. The average Bonchev–Trinajstić information content (AvgIpc) is 2.98. The molecule has 18 heavy (non-hydrogen) atoms. The summed E-state index contributed by atoms with van der Waals surface area (Å²) in [7, 11) is 0. The lowest BCUT2D eigenvalue weighted by Gasteiger charge is -2.01. The van der Waals surface area contributed by atoms with E-state index in [0.29, 0.717) is 29.7 Å². The van der Waals surface area contributed by atoms with E-state index < -0.39 is 0 Å². The smallest absolute Gasteiger partial charge is 0.244 e. The number of β-amino-alcohol motifs (C(OH)–C–C–N with tert-alkyl or cyclic N) is 1. The molecule has 0 unspecified atom stereocenters. The van der Waals surface area contributed by atoms with Gasteiger partial charge in [-0.2, -0.15) is 4.98 Å². The molecule has 0 aliphatic carbocycles. The molecule has 0 amide bonds. The van der Waals surface area contributed by atoms with E-state index >= 15 is 0 Å². The van der Waals surface area contributed by atoms with Crippen LogP contribution in [0.4, 0.5) is 0 Å². The van der Waals surface area contributed by atoms with Crippen LogP contribution in [0.1, 0.15) is 18.4 Å². The van der Waals surface area contributed by atoms with Gasteiger partial charge in [0, 0.05) is 17.1 Å². The lowest BCUT2D eigenvalue weighted by Crippen LogP contribution is -2.15. The molecular formula is C12H12ClN3O2. The normalized spacial score (nSPS) is 23.4. The number of aromatic nitrogens is 2. The van der Waals surface area contributed by atoms with Gasteiger partial charge in [-0.1, -0.05) is 16.8 Å². The average molecular weight is 266 g/mol. The van der Waals surface area contributed by atoms with Gasteiger partial charge in [0.25, 0.3) is 0 Å². The van der Waals surface area contributed by atoms with Crippen molar-refractivity contribution in [1.29, 1.82) is 0 Å². The molecule has 0 saturated carbocycles. The van der Waals surface area contributed by atoms with Gasteiger partial charge in [-0.15, -0.1) is 0 Å². The van der Waals surface area contributed by atoms with Crippen LogP contribution in [0.2, 0.25) is 5.02 Å². The fraction of sp³-hybridized carbons (Fsp3) is 0.333. The fourth-order valence-corrected chi connectivity index (χ4v) is 2.12. The summed E-state index contributed by atoms with van der Waals surface area (Å²) in [6, 6.07) is 7.19. The summed E-state index contributed by atoms with van der Waals surface area (Å²) in [6.07, 6.45) is 0.253. The highest BCUT2D eigenvalue weighted by Crippen LogP contribution is 2.25. The van der Waals surface area contributed by atoms with Crippen LogP contribution < -0.4 is 5.32 Å². The highest BCUT2D eigenvalue weighted by molar-refractivity contribution is 6.30. The first-order chi connectivity index (χ1) is 8.72. The number of aliphatic hydroxyl groups excluding tert-OH is 1. The van der Waals surface area contributed by atoms with Crippen LogP contribution in [0.5, 0.6) is 0 Å². The van der Waals surface area contributed by atoms with E-state index in [1.54, 1.807) is 12.1 Å². The Labute approximate surface area is 109 Å². The van der Waals surface area contributed by atoms with Crippen molar-refractivity contribution in [2.75, 3.05) is 6.54 Å². The van der Waals surface area contributed by atoms with E-state index in [0.717, 1.165) is 5.56 Å². The van der Waals surface area contributed by atoms with Gasteiger partial charge in [0.15, 0.2) is 0 Å². The topological polar surface area (TPSA) is 71.2 Å². The van der Waals surface area contributed by atoms with E-state index in [4.69, 9.17) is 16.1 Å². The van der Waals surface area contributed by atoms with Gasteiger partial charge in [-0.05, 0) is 30.7 Å². The maximum Gasteiger partial charge on any atom is 0.244 e. The highest BCUT2D eigenvalue weighted by atomic mass is 35.5. The molecule has 1 aliphatic rings. The molecule has 2 N–H and O–H groups in total. The molecule has 2 heterocycles. The van der Waals surface area contributed by atoms with Crippen LogP contribution in [0.15, 0.2) is 28.8 Å². The van der Waals surface area contributed by atoms with Crippen molar-refractivity contribution in [2.24, 2.45) is 0 Å². The number of rotatable bonds is 2. The molecule has 1 fully saturated rings. The zero-order chi connectivity index (χ0) is 12.5. The fourth-order valence-electron chi connectivity index (χ4n) is 2.00. The molecule has 1 saturated heterocycles. The Bertz CT molecular complexity index is 541. The summed E-state index contributed by atoms with van der Waals surface area (Å²) in [6.45, 7) is 0.559. The Morgan fingerprint density at radius 2 is 2.11 bits per heavy atom. The number of halogens is 1. The Hall–Kier alpha value is -1.43. The van der Waals surface area contributed by atoms with Crippen LogP contribution in [0, 0.1) is 0 Å². The molecule has 3 rings (SSSR count). The second-order valence-corrected chi connectivity index (χ2v) is 4.75. The maximum atomic E-state index is 9.45. The summed E-state index contributed by atoms with van der Waals surface area (Å²) < 4.78 is 5.21. The second-order valence-electron chi connectivity index (χ2n) is 4.31. The maximum absolute atomic E-state index is 9.45. The van der Waals surface area contributed by atoms with Crippen LogP contribution >= 0.6 is 11.6 Å². The molecule has 1 aliphatic heterocycles. The molecule has 2 atom stereocenters. The molecule has 0 radical (unpaired) electrons. The SMILES string of the molecule is O[C@@H]1CN[C@@H](c2nc(-c3ccc(Cl)cc3)no2)C1. The summed E-state index contributed by atoms with van der Waals surface area (Å²) in [4.78, 5) is 4.33. The summed E-state index contributed by atoms with van der Waals surface area (Å²) in [5.41, 5.74) is 0.855. The minimum atomic E-state index is -0.346. The van der Waals surface area contributed by atoms with Crippen LogP contribution in [-0.2, 0) is 0 Å². The van der Waals surface area contributed by atoms with Gasteiger partial charge < -0.3 is 14.9 Å². The lowest BCUT2D eigenvalue weighted by molar-refractivity contribution is 0.191. The molecule has 1 aromatic carbocycles. The van der Waals surface area contributed by atoms with Crippen molar-refractivity contribution in [3.63, 3.8) is 0 Å². The van der Waals surface area contributed by atoms with Gasteiger partial charge >= 0.3 is 0 Å². The largest absolute Gasteiger partial charge is 0.392 e. The van der Waals surface area contributed by atoms with Crippen LogP contribution in [-0.4, -0.2) is 27.9 Å². The molecule has 6 heteroatoms. The molecule has 0 spiro atoms. The Morgan fingerprint density at radius 3 is 2.78 bits per heavy atom. The number of hydrogen-bond acceptors (Lipinski definition) is 5. The number of nitrogens with zero attached hydrogens (tertiary/aromatic N) is 2. The standard InChI is InChI=1S/C12H12ClN3O2/c13-8-3-1-7(2-4-8)11-15-12(18-16-11)10-5-9(17)6-14-10/h1-4,9-10,14,17H,5-6H2/t9-,10+/m0/s1. The van der Waals surface area contributed by atoms with E-state index in [1.807, 2.05) is 12.1 Å². The monoisotopic (exact) mass is 265 g/mol. The van der Waals surface area contributed by atoms with E-state index in [9.17, 15) is 5.11 Å². The second kappa shape index (κ2) is 4.68. The third-order valence-electron chi connectivity index (χ3n) is 2.95. The molecule has 2 aromatic rings. The third-order valence-corrected chi connectivity index (χ3v) is 3.20.